The number of carbonyl (C=O) groups is 3. The Kier molecular flexibility index (Phi) is 5.76. The Bertz CT molecular complexity index is 495. The van der Waals surface area contributed by atoms with Gasteiger partial charge in [-0.2, -0.15) is 0 Å². The lowest BCUT2D eigenvalue weighted by molar-refractivity contribution is -0.140. The van der Waals surface area contributed by atoms with Crippen LogP contribution in [0.2, 0.25) is 0 Å². The van der Waals surface area contributed by atoms with Gasteiger partial charge in [-0.1, -0.05) is 0 Å². The summed E-state index contributed by atoms with van der Waals surface area (Å²) in [5.41, 5.74) is 0.386. The summed E-state index contributed by atoms with van der Waals surface area (Å²) in [6.07, 6.45) is 1.89. The minimum absolute atomic E-state index is 0.0835. The summed E-state index contributed by atoms with van der Waals surface area (Å²) in [6, 6.07) is 2.23. The van der Waals surface area contributed by atoms with Crippen LogP contribution in [0.4, 0.5) is 0 Å². The Morgan fingerprint density at radius 3 is 2.60 bits per heavy atom. The zero-order chi connectivity index (χ0) is 15.1. The molecular formula is C13H18N2O5. The van der Waals surface area contributed by atoms with Crippen molar-refractivity contribution < 1.29 is 24.6 Å². The van der Waals surface area contributed by atoms with Gasteiger partial charge in [0.05, 0.1) is 0 Å². The first-order chi connectivity index (χ1) is 9.45. The molecule has 0 aromatic carbocycles. The van der Waals surface area contributed by atoms with Crippen molar-refractivity contribution in [2.75, 3.05) is 0 Å². The largest absolute Gasteiger partial charge is 0.481 e. The van der Waals surface area contributed by atoms with Crippen molar-refractivity contribution in [3.05, 3.63) is 24.0 Å². The lowest BCUT2D eigenvalue weighted by atomic mass is 10.1. The number of carboxylic acids is 2. The summed E-state index contributed by atoms with van der Waals surface area (Å²) >= 11 is 0. The fourth-order valence-electron chi connectivity index (χ4n) is 1.84. The van der Waals surface area contributed by atoms with E-state index in [-0.39, 0.29) is 19.3 Å². The molecule has 1 amide bonds. The maximum Gasteiger partial charge on any atom is 0.326 e. The van der Waals surface area contributed by atoms with Gasteiger partial charge >= 0.3 is 11.9 Å². The van der Waals surface area contributed by atoms with E-state index in [1.54, 1.807) is 22.9 Å². The Balaban J connectivity index is 2.63. The Hall–Kier alpha value is -2.31. The van der Waals surface area contributed by atoms with E-state index >= 15 is 0 Å². The average molecular weight is 282 g/mol. The van der Waals surface area contributed by atoms with E-state index in [9.17, 15) is 14.4 Å². The minimum Gasteiger partial charge on any atom is -0.481 e. The Morgan fingerprint density at radius 2 is 2.05 bits per heavy atom. The summed E-state index contributed by atoms with van der Waals surface area (Å²) in [5, 5.41) is 20.0. The normalized spacial score (nSPS) is 11.8. The smallest absolute Gasteiger partial charge is 0.326 e. The molecule has 0 radical (unpaired) electrons. The van der Waals surface area contributed by atoms with Gasteiger partial charge < -0.3 is 20.1 Å². The molecule has 0 fully saturated rings. The lowest BCUT2D eigenvalue weighted by Gasteiger charge is -2.14. The van der Waals surface area contributed by atoms with Crippen LogP contribution < -0.4 is 5.32 Å². The van der Waals surface area contributed by atoms with Crippen molar-refractivity contribution in [1.29, 1.82) is 0 Å². The van der Waals surface area contributed by atoms with Crippen molar-refractivity contribution in [1.82, 2.24) is 9.88 Å². The molecule has 7 nitrogen and oxygen atoms in total. The van der Waals surface area contributed by atoms with Gasteiger partial charge in [0.25, 0.3) is 5.91 Å². The highest BCUT2D eigenvalue weighted by molar-refractivity contribution is 5.95. The minimum atomic E-state index is -1.17. The average Bonchev–Trinajstić information content (AvgIpc) is 2.85. The van der Waals surface area contributed by atoms with Gasteiger partial charge in [0.1, 0.15) is 11.7 Å². The Morgan fingerprint density at radius 1 is 1.35 bits per heavy atom. The quantitative estimate of drug-likeness (QED) is 0.657. The number of hydrogen-bond donors (Lipinski definition) is 3. The Labute approximate surface area is 116 Å². The molecule has 1 heterocycles. The number of hydrogen-bond acceptors (Lipinski definition) is 3. The number of rotatable bonds is 8. The highest BCUT2D eigenvalue weighted by Crippen LogP contribution is 2.06. The molecular weight excluding hydrogens is 264 g/mol. The summed E-state index contributed by atoms with van der Waals surface area (Å²) in [5.74, 6) is -2.63. The first-order valence-corrected chi connectivity index (χ1v) is 6.36. The maximum absolute atomic E-state index is 12.0. The molecule has 1 aromatic rings. The molecule has 0 saturated carbocycles. The van der Waals surface area contributed by atoms with Crippen LogP contribution in [-0.2, 0) is 16.1 Å². The van der Waals surface area contributed by atoms with Crippen LogP contribution in [0.3, 0.4) is 0 Å². The van der Waals surface area contributed by atoms with E-state index in [0.29, 0.717) is 12.2 Å². The summed E-state index contributed by atoms with van der Waals surface area (Å²) in [6.45, 7) is 2.48. The predicted molar refractivity (Wildman–Crippen MR) is 70.5 cm³/mol. The SMILES string of the molecule is CCn1cccc1C(=O)N[C@H](CCCC(=O)O)C(=O)O. The molecule has 0 aliphatic heterocycles. The number of amides is 1. The number of carboxylic acid groups (broad SMARTS) is 2. The predicted octanol–water partition coefficient (Wildman–Crippen LogP) is 0.946. The molecule has 0 bridgehead atoms. The van der Waals surface area contributed by atoms with Gasteiger partial charge in [0, 0.05) is 19.2 Å². The molecule has 0 saturated heterocycles. The highest BCUT2D eigenvalue weighted by atomic mass is 16.4. The van der Waals surface area contributed by atoms with Crippen molar-refractivity contribution in [3.8, 4) is 0 Å². The van der Waals surface area contributed by atoms with Gasteiger partial charge in [-0.15, -0.1) is 0 Å². The van der Waals surface area contributed by atoms with E-state index in [1.807, 2.05) is 6.92 Å². The first-order valence-electron chi connectivity index (χ1n) is 6.36. The monoisotopic (exact) mass is 282 g/mol. The fourth-order valence-corrected chi connectivity index (χ4v) is 1.84. The number of nitrogens with zero attached hydrogens (tertiary/aromatic N) is 1. The molecule has 7 heteroatoms. The van der Waals surface area contributed by atoms with Crippen LogP contribution in [0.1, 0.15) is 36.7 Å². The van der Waals surface area contributed by atoms with E-state index in [2.05, 4.69) is 5.32 Å². The third-order valence-electron chi connectivity index (χ3n) is 2.89. The van der Waals surface area contributed by atoms with E-state index in [0.717, 1.165) is 0 Å². The van der Waals surface area contributed by atoms with E-state index < -0.39 is 23.9 Å². The van der Waals surface area contributed by atoms with Crippen molar-refractivity contribution in [2.24, 2.45) is 0 Å². The number of aryl methyl sites for hydroxylation is 1. The molecule has 0 aliphatic carbocycles. The van der Waals surface area contributed by atoms with Crippen LogP contribution >= 0.6 is 0 Å². The highest BCUT2D eigenvalue weighted by Gasteiger charge is 2.21. The van der Waals surface area contributed by atoms with Gasteiger partial charge in [-0.05, 0) is 31.9 Å². The number of aliphatic carboxylic acids is 2. The third-order valence-corrected chi connectivity index (χ3v) is 2.89. The van der Waals surface area contributed by atoms with Crippen molar-refractivity contribution >= 4 is 17.8 Å². The van der Waals surface area contributed by atoms with Crippen LogP contribution in [-0.4, -0.2) is 38.7 Å². The summed E-state index contributed by atoms with van der Waals surface area (Å²) in [4.78, 5) is 33.5. The van der Waals surface area contributed by atoms with Crippen molar-refractivity contribution in [2.45, 2.75) is 38.8 Å². The topological polar surface area (TPSA) is 109 Å². The standard InChI is InChI=1S/C13H18N2O5/c1-2-15-8-4-6-10(15)12(18)14-9(13(19)20)5-3-7-11(16)17/h4,6,8-9H,2-3,5,7H2,1H3,(H,14,18)(H,16,17)(H,19,20)/t9-/m1/s1. The van der Waals surface area contributed by atoms with Gasteiger partial charge in [0.2, 0.25) is 0 Å². The number of nitrogens with one attached hydrogen (secondary N) is 1. The molecule has 3 N–H and O–H groups in total. The molecule has 20 heavy (non-hydrogen) atoms. The van der Waals surface area contributed by atoms with Crippen LogP contribution in [0.15, 0.2) is 18.3 Å². The molecule has 0 aliphatic rings. The number of carbonyl (C=O) groups excluding carboxylic acids is 1. The molecule has 110 valence electrons. The van der Waals surface area contributed by atoms with Crippen LogP contribution in [0.25, 0.3) is 0 Å². The first kappa shape index (κ1) is 15.7. The molecule has 1 rings (SSSR count). The van der Waals surface area contributed by atoms with Gasteiger partial charge in [-0.25, -0.2) is 4.79 Å². The number of aromatic nitrogens is 1. The molecule has 1 atom stereocenters. The molecule has 0 spiro atoms. The van der Waals surface area contributed by atoms with E-state index in [4.69, 9.17) is 10.2 Å². The third kappa shape index (κ3) is 4.42. The fraction of sp³-hybridized carbons (Fsp3) is 0.462. The van der Waals surface area contributed by atoms with E-state index in [1.165, 1.54) is 0 Å². The molecule has 0 unspecified atom stereocenters. The second kappa shape index (κ2) is 7.32. The second-order valence-corrected chi connectivity index (χ2v) is 4.33. The maximum atomic E-state index is 12.0. The van der Waals surface area contributed by atoms with Crippen LogP contribution in [0.5, 0.6) is 0 Å². The van der Waals surface area contributed by atoms with Crippen LogP contribution in [0, 0.1) is 0 Å². The second-order valence-electron chi connectivity index (χ2n) is 4.33. The van der Waals surface area contributed by atoms with Gasteiger partial charge in [-0.3, -0.25) is 9.59 Å². The zero-order valence-electron chi connectivity index (χ0n) is 11.2. The zero-order valence-corrected chi connectivity index (χ0v) is 11.2. The summed E-state index contributed by atoms with van der Waals surface area (Å²) < 4.78 is 1.70. The summed E-state index contributed by atoms with van der Waals surface area (Å²) in [7, 11) is 0. The molecule has 1 aromatic heterocycles. The van der Waals surface area contributed by atoms with Crippen molar-refractivity contribution in [3.63, 3.8) is 0 Å². The lowest BCUT2D eigenvalue weighted by Crippen LogP contribution is -2.41. The van der Waals surface area contributed by atoms with Gasteiger partial charge in [0.15, 0.2) is 0 Å².